The molecule has 1 aliphatic rings. The first kappa shape index (κ1) is 28.7. The van der Waals surface area contributed by atoms with Gasteiger partial charge in [-0.3, -0.25) is 9.69 Å². The third-order valence-corrected chi connectivity index (χ3v) is 8.44. The van der Waals surface area contributed by atoms with Crippen molar-refractivity contribution in [2.45, 2.75) is 50.7 Å². The van der Waals surface area contributed by atoms with E-state index in [0.29, 0.717) is 23.5 Å². The molecule has 0 aliphatic carbocycles. The number of amides is 1. The summed E-state index contributed by atoms with van der Waals surface area (Å²) in [5, 5.41) is 10.2. The standard InChI is InChI=1S/C29H34FN7O3S/c1-16-12-32-29(35-22-9-7-11-24(25(22)30)41(5,39)40)36-26(16)21-13-31-27-20(21)8-6-10-23(27)34-28(38)19(4)37-14-17(2)33-18(3)15-37/h6-13,17-19,31,33H,14-15H2,1-5H3,(H,34,38)(H,32,35,36)/t17-,18-,19-/m0/s1. The molecule has 0 saturated carbocycles. The summed E-state index contributed by atoms with van der Waals surface area (Å²) >= 11 is 0. The zero-order valence-corrected chi connectivity index (χ0v) is 24.4. The van der Waals surface area contributed by atoms with Crippen LogP contribution in [0.25, 0.3) is 22.2 Å². The van der Waals surface area contributed by atoms with Crippen LogP contribution in [0.3, 0.4) is 0 Å². The molecule has 4 N–H and O–H groups in total. The van der Waals surface area contributed by atoms with Crippen LogP contribution in [0.4, 0.5) is 21.7 Å². The van der Waals surface area contributed by atoms with E-state index in [4.69, 9.17) is 0 Å². The Morgan fingerprint density at radius 1 is 1.12 bits per heavy atom. The Morgan fingerprint density at radius 3 is 2.51 bits per heavy atom. The van der Waals surface area contributed by atoms with Crippen LogP contribution in [0.1, 0.15) is 26.3 Å². The van der Waals surface area contributed by atoms with E-state index < -0.39 is 20.5 Å². The van der Waals surface area contributed by atoms with Crippen LogP contribution in [0.5, 0.6) is 0 Å². The van der Waals surface area contributed by atoms with Crippen LogP contribution in [-0.4, -0.2) is 71.6 Å². The fourth-order valence-electron chi connectivity index (χ4n) is 5.33. The van der Waals surface area contributed by atoms with E-state index in [1.54, 1.807) is 6.20 Å². The maximum Gasteiger partial charge on any atom is 0.241 e. The molecule has 1 fully saturated rings. The Hall–Kier alpha value is -3.87. The van der Waals surface area contributed by atoms with Crippen LogP contribution in [-0.2, 0) is 14.6 Å². The number of carbonyl (C=O) groups is 1. The number of nitrogens with zero attached hydrogens (tertiary/aromatic N) is 3. The van der Waals surface area contributed by atoms with Crippen molar-refractivity contribution in [1.29, 1.82) is 0 Å². The lowest BCUT2D eigenvalue weighted by Gasteiger charge is -2.39. The number of sulfone groups is 1. The van der Waals surface area contributed by atoms with E-state index in [-0.39, 0.29) is 23.6 Å². The van der Waals surface area contributed by atoms with Gasteiger partial charge < -0.3 is 20.9 Å². The molecule has 0 bridgehead atoms. The van der Waals surface area contributed by atoms with Gasteiger partial charge in [-0.05, 0) is 51.5 Å². The van der Waals surface area contributed by atoms with Gasteiger partial charge in [0, 0.05) is 54.8 Å². The third kappa shape index (κ3) is 5.95. The molecule has 4 aromatic rings. The average Bonchev–Trinajstić information content (AvgIpc) is 3.34. The minimum Gasteiger partial charge on any atom is -0.359 e. The van der Waals surface area contributed by atoms with Crippen LogP contribution in [0.2, 0.25) is 0 Å². The molecule has 2 aromatic heterocycles. The fraction of sp³-hybridized carbons (Fsp3) is 0.345. The minimum atomic E-state index is -3.75. The lowest BCUT2D eigenvalue weighted by atomic mass is 10.1. The number of aryl methyl sites for hydroxylation is 1. The smallest absolute Gasteiger partial charge is 0.241 e. The number of piperazine rings is 1. The SMILES string of the molecule is Cc1cnc(Nc2cccc(S(C)(=O)=O)c2F)nc1-c1c[nH]c2c(NC(=O)[C@H](C)N3C[C@H](C)N[C@@H](C)C3)cccc12. The number of anilines is 3. The second-order valence-corrected chi connectivity index (χ2v) is 12.7. The second-order valence-electron chi connectivity index (χ2n) is 10.8. The molecule has 2 aromatic carbocycles. The van der Waals surface area contributed by atoms with Crippen molar-refractivity contribution in [2.24, 2.45) is 0 Å². The quantitative estimate of drug-likeness (QED) is 0.256. The maximum atomic E-state index is 14.9. The fourth-order valence-corrected chi connectivity index (χ4v) is 6.09. The molecule has 3 atom stereocenters. The lowest BCUT2D eigenvalue weighted by Crippen LogP contribution is -2.58. The number of rotatable bonds is 7. The van der Waals surface area contributed by atoms with Crippen molar-refractivity contribution < 1.29 is 17.6 Å². The van der Waals surface area contributed by atoms with Gasteiger partial charge in [0.05, 0.1) is 28.6 Å². The average molecular weight is 580 g/mol. The van der Waals surface area contributed by atoms with Crippen LogP contribution in [0, 0.1) is 12.7 Å². The van der Waals surface area contributed by atoms with Gasteiger partial charge in [-0.15, -0.1) is 0 Å². The summed E-state index contributed by atoms with van der Waals surface area (Å²) in [5.74, 6) is -0.868. The number of carbonyl (C=O) groups excluding carboxylic acids is 1. The van der Waals surface area contributed by atoms with E-state index in [1.165, 1.54) is 18.2 Å². The first-order valence-corrected chi connectivity index (χ1v) is 15.3. The summed E-state index contributed by atoms with van der Waals surface area (Å²) in [5.41, 5.74) is 3.54. The van der Waals surface area contributed by atoms with Crippen molar-refractivity contribution >= 4 is 44.0 Å². The molecule has 216 valence electrons. The highest BCUT2D eigenvalue weighted by atomic mass is 32.2. The normalized spacial score (nSPS) is 18.8. The molecule has 5 rings (SSSR count). The van der Waals surface area contributed by atoms with Crippen molar-refractivity contribution in [1.82, 2.24) is 25.2 Å². The number of fused-ring (bicyclic) bond motifs is 1. The monoisotopic (exact) mass is 579 g/mol. The molecule has 0 spiro atoms. The second kappa shape index (κ2) is 11.2. The predicted octanol–water partition coefficient (Wildman–Crippen LogP) is 4.23. The Kier molecular flexibility index (Phi) is 7.82. The Bertz CT molecular complexity index is 1710. The first-order chi connectivity index (χ1) is 19.4. The van der Waals surface area contributed by atoms with Crippen LogP contribution >= 0.6 is 0 Å². The van der Waals surface area contributed by atoms with Gasteiger partial charge in [-0.1, -0.05) is 18.2 Å². The summed E-state index contributed by atoms with van der Waals surface area (Å²) in [6.45, 7) is 9.61. The van der Waals surface area contributed by atoms with Gasteiger partial charge in [0.25, 0.3) is 0 Å². The highest BCUT2D eigenvalue weighted by molar-refractivity contribution is 7.90. The van der Waals surface area contributed by atoms with E-state index in [9.17, 15) is 17.6 Å². The molecule has 1 amide bonds. The number of para-hydroxylation sites is 1. The molecule has 12 heteroatoms. The number of H-pyrrole nitrogens is 1. The highest BCUT2D eigenvalue weighted by Gasteiger charge is 2.29. The predicted molar refractivity (Wildman–Crippen MR) is 159 cm³/mol. The molecule has 0 radical (unpaired) electrons. The van der Waals surface area contributed by atoms with Gasteiger partial charge in [0.15, 0.2) is 15.7 Å². The summed E-state index contributed by atoms with van der Waals surface area (Å²) in [6, 6.07) is 10.1. The van der Waals surface area contributed by atoms with Gasteiger partial charge in [0.1, 0.15) is 4.90 Å². The lowest BCUT2D eigenvalue weighted by molar-refractivity contribution is -0.121. The summed E-state index contributed by atoms with van der Waals surface area (Å²) in [7, 11) is -3.75. The van der Waals surface area contributed by atoms with E-state index in [0.717, 1.165) is 41.4 Å². The maximum absolute atomic E-state index is 14.9. The third-order valence-electron chi connectivity index (χ3n) is 7.32. The summed E-state index contributed by atoms with van der Waals surface area (Å²) < 4.78 is 38.8. The minimum absolute atomic E-state index is 0.0472. The molecular formula is C29H34FN7O3S. The number of benzene rings is 2. The Labute approximate surface area is 238 Å². The van der Waals surface area contributed by atoms with Crippen molar-refractivity contribution in [3.63, 3.8) is 0 Å². The molecule has 1 aliphatic heterocycles. The molecular weight excluding hydrogens is 545 g/mol. The molecule has 0 unspecified atom stereocenters. The van der Waals surface area contributed by atoms with E-state index in [1.807, 2.05) is 38.2 Å². The zero-order chi connectivity index (χ0) is 29.5. The molecule has 1 saturated heterocycles. The zero-order valence-electron chi connectivity index (χ0n) is 23.6. The molecule has 41 heavy (non-hydrogen) atoms. The first-order valence-electron chi connectivity index (χ1n) is 13.4. The highest BCUT2D eigenvalue weighted by Crippen LogP contribution is 2.34. The van der Waals surface area contributed by atoms with Crippen molar-refractivity contribution in [3.05, 3.63) is 60.2 Å². The topological polar surface area (TPSA) is 132 Å². The number of aromatic nitrogens is 3. The Balaban J connectivity index is 1.42. The molecule has 10 nitrogen and oxygen atoms in total. The van der Waals surface area contributed by atoms with Crippen LogP contribution in [0.15, 0.2) is 53.7 Å². The van der Waals surface area contributed by atoms with Crippen molar-refractivity contribution in [2.75, 3.05) is 30.0 Å². The van der Waals surface area contributed by atoms with Crippen molar-refractivity contribution in [3.8, 4) is 11.3 Å². The van der Waals surface area contributed by atoms with Gasteiger partial charge in [-0.2, -0.15) is 0 Å². The number of hydrogen-bond donors (Lipinski definition) is 4. The summed E-state index contributed by atoms with van der Waals surface area (Å²) in [4.78, 5) is 27.2. The van der Waals surface area contributed by atoms with Gasteiger partial charge in [0.2, 0.25) is 11.9 Å². The van der Waals surface area contributed by atoms with E-state index in [2.05, 4.69) is 49.6 Å². The van der Waals surface area contributed by atoms with Crippen LogP contribution < -0.4 is 16.0 Å². The van der Waals surface area contributed by atoms with Gasteiger partial charge >= 0.3 is 0 Å². The number of hydrogen-bond acceptors (Lipinski definition) is 8. The van der Waals surface area contributed by atoms with Gasteiger partial charge in [-0.25, -0.2) is 22.8 Å². The number of aromatic amines is 1. The Morgan fingerprint density at radius 2 is 1.80 bits per heavy atom. The van der Waals surface area contributed by atoms with E-state index >= 15 is 0 Å². The molecule has 3 heterocycles. The number of halogens is 1. The largest absolute Gasteiger partial charge is 0.359 e. The number of nitrogens with one attached hydrogen (secondary N) is 4. The summed E-state index contributed by atoms with van der Waals surface area (Å²) in [6.07, 6.45) is 4.38.